The molecule has 0 aromatic rings. The van der Waals surface area contributed by atoms with Crippen LogP contribution in [0.15, 0.2) is 47.6 Å². The highest BCUT2D eigenvalue weighted by Crippen LogP contribution is 2.15. The largest absolute Gasteiger partial charge is 0.466 e. The lowest BCUT2D eigenvalue weighted by Crippen LogP contribution is -2.25. The van der Waals surface area contributed by atoms with Crippen LogP contribution < -0.4 is 5.32 Å². The predicted octanol–water partition coefficient (Wildman–Crippen LogP) is 8.14. The first kappa shape index (κ1) is 43.2. The minimum Gasteiger partial charge on any atom is -0.466 e. The van der Waals surface area contributed by atoms with Gasteiger partial charge in [0.25, 0.3) is 0 Å². The van der Waals surface area contributed by atoms with E-state index in [1.165, 1.54) is 6.08 Å². The molecule has 6 heteroatoms. The molecule has 35 heavy (non-hydrogen) atoms. The number of aliphatic hydroxyl groups excluding tert-OH is 1. The van der Waals surface area contributed by atoms with E-state index in [0.717, 1.165) is 23.4 Å². The van der Waals surface area contributed by atoms with Gasteiger partial charge in [0.1, 0.15) is 0 Å². The molecule has 0 aromatic heterocycles. The summed E-state index contributed by atoms with van der Waals surface area (Å²) in [6.45, 7) is 25.9. The number of carbonyl (C=O) groups is 2. The fourth-order valence-corrected chi connectivity index (χ4v) is 2.11. The molecule has 0 aliphatic carbocycles. The molecule has 0 saturated heterocycles. The molecule has 1 amide bonds. The molecular weight excluding hydrogens is 462 g/mol. The molecule has 0 radical (unpaired) electrons. The molecule has 0 aromatic carbocycles. The van der Waals surface area contributed by atoms with Crippen molar-refractivity contribution in [3.63, 3.8) is 0 Å². The number of amides is 1. The van der Waals surface area contributed by atoms with Gasteiger partial charge in [-0.1, -0.05) is 98.2 Å². The highest BCUT2D eigenvalue weighted by Gasteiger charge is 2.12. The van der Waals surface area contributed by atoms with Crippen molar-refractivity contribution < 1.29 is 19.4 Å². The van der Waals surface area contributed by atoms with E-state index >= 15 is 0 Å². The molecular formula is C29H56ClNO4. The zero-order valence-electron chi connectivity index (χ0n) is 24.5. The van der Waals surface area contributed by atoms with E-state index in [1.54, 1.807) is 6.92 Å². The average Bonchev–Trinajstić information content (AvgIpc) is 2.89. The van der Waals surface area contributed by atoms with E-state index in [-0.39, 0.29) is 30.6 Å². The molecule has 0 aliphatic heterocycles. The van der Waals surface area contributed by atoms with Gasteiger partial charge in [-0.2, -0.15) is 0 Å². The number of hydrogen-bond donors (Lipinski definition) is 2. The van der Waals surface area contributed by atoms with Gasteiger partial charge >= 0.3 is 5.97 Å². The minimum absolute atomic E-state index is 0.126. The molecule has 2 atom stereocenters. The molecule has 0 spiro atoms. The number of aliphatic hydroxyl groups is 1. The molecule has 5 nitrogen and oxygen atoms in total. The van der Waals surface area contributed by atoms with Gasteiger partial charge < -0.3 is 15.2 Å². The molecule has 0 saturated carbocycles. The SMILES string of the molecule is C=CCC(=O)NCCC(=O)OCC.CC.CC.CC.CC/C=C/C(C)C(O)/C(C)=C/C=C(/Cl)CC. The third-order valence-electron chi connectivity index (χ3n) is 3.79. The van der Waals surface area contributed by atoms with Gasteiger partial charge in [-0.25, -0.2) is 0 Å². The number of rotatable bonds is 12. The number of carbonyl (C=O) groups excluding carboxylic acids is 2. The number of allylic oxidation sites excluding steroid dienone is 4. The van der Waals surface area contributed by atoms with Gasteiger partial charge in [0, 0.05) is 23.9 Å². The van der Waals surface area contributed by atoms with Crippen LogP contribution in [0.1, 0.15) is 102 Å². The molecule has 0 rings (SSSR count). The summed E-state index contributed by atoms with van der Waals surface area (Å²) in [4.78, 5) is 21.6. The van der Waals surface area contributed by atoms with Crippen LogP contribution in [0.4, 0.5) is 0 Å². The zero-order chi connectivity index (χ0) is 28.7. The third kappa shape index (κ3) is 34.4. The fourth-order valence-electron chi connectivity index (χ4n) is 2.05. The standard InChI is InChI=1S/C14H23ClO.C9H15NO3.3C2H6/c1-5-7-8-11(3)14(16)12(4)9-10-13(15)6-2;1-3-5-8(11)10-7-6-9(12)13-4-2;3*1-2/h7-11,14,16H,5-6H2,1-4H3;3H,1,4-7H2,2H3,(H,10,11);3*1-2H3/b8-7+,12-9+,13-10+;;;;. The summed E-state index contributed by atoms with van der Waals surface area (Å²) in [5, 5.41) is 13.4. The summed E-state index contributed by atoms with van der Waals surface area (Å²) in [5.41, 5.74) is 0.944. The lowest BCUT2D eigenvalue weighted by atomic mass is 9.97. The van der Waals surface area contributed by atoms with Crippen LogP contribution in [-0.4, -0.2) is 36.2 Å². The van der Waals surface area contributed by atoms with Crippen LogP contribution in [0.25, 0.3) is 0 Å². The highest BCUT2D eigenvalue weighted by molar-refractivity contribution is 6.29. The van der Waals surface area contributed by atoms with Crippen LogP contribution in [0.3, 0.4) is 0 Å². The predicted molar refractivity (Wildman–Crippen MR) is 156 cm³/mol. The summed E-state index contributed by atoms with van der Waals surface area (Å²) in [6, 6.07) is 0. The first-order valence-corrected chi connectivity index (χ1v) is 13.5. The number of halogens is 1. The molecule has 2 N–H and O–H groups in total. The Kier molecular flexibility index (Phi) is 45.4. The number of ether oxygens (including phenoxy) is 1. The van der Waals surface area contributed by atoms with Crippen LogP contribution in [0, 0.1) is 5.92 Å². The van der Waals surface area contributed by atoms with Crippen molar-refractivity contribution in [3.05, 3.63) is 47.6 Å². The Morgan fingerprint density at radius 3 is 2.03 bits per heavy atom. The van der Waals surface area contributed by atoms with Gasteiger partial charge in [0.15, 0.2) is 0 Å². The average molecular weight is 518 g/mol. The molecule has 0 bridgehead atoms. The molecule has 208 valence electrons. The van der Waals surface area contributed by atoms with Crippen LogP contribution in [-0.2, 0) is 14.3 Å². The smallest absolute Gasteiger partial charge is 0.307 e. The van der Waals surface area contributed by atoms with E-state index in [4.69, 9.17) is 11.6 Å². The van der Waals surface area contributed by atoms with E-state index in [2.05, 4.69) is 29.6 Å². The van der Waals surface area contributed by atoms with Crippen LogP contribution in [0.2, 0.25) is 0 Å². The maximum Gasteiger partial charge on any atom is 0.307 e. The van der Waals surface area contributed by atoms with Gasteiger partial charge in [0.05, 0.1) is 19.1 Å². The maximum atomic E-state index is 10.8. The summed E-state index contributed by atoms with van der Waals surface area (Å²) >= 11 is 5.90. The summed E-state index contributed by atoms with van der Waals surface area (Å²) in [6.07, 6.45) is 11.3. The van der Waals surface area contributed by atoms with Crippen molar-refractivity contribution in [2.24, 2.45) is 5.92 Å². The van der Waals surface area contributed by atoms with Crippen molar-refractivity contribution in [2.75, 3.05) is 13.2 Å². The second-order valence-electron chi connectivity index (χ2n) is 6.42. The second-order valence-corrected chi connectivity index (χ2v) is 6.90. The van der Waals surface area contributed by atoms with Crippen molar-refractivity contribution in [1.29, 1.82) is 0 Å². The molecule has 0 heterocycles. The van der Waals surface area contributed by atoms with Crippen molar-refractivity contribution >= 4 is 23.5 Å². The second kappa shape index (κ2) is 36.7. The summed E-state index contributed by atoms with van der Waals surface area (Å²) in [7, 11) is 0. The normalized spacial score (nSPS) is 12.0. The molecule has 0 aliphatic rings. The van der Waals surface area contributed by atoms with E-state index < -0.39 is 6.10 Å². The fraction of sp³-hybridized carbons (Fsp3) is 0.655. The van der Waals surface area contributed by atoms with E-state index in [9.17, 15) is 14.7 Å². The third-order valence-corrected chi connectivity index (χ3v) is 4.18. The molecule has 2 unspecified atom stereocenters. The topological polar surface area (TPSA) is 75.6 Å². The Bertz CT molecular complexity index is 569. The Morgan fingerprint density at radius 2 is 1.60 bits per heavy atom. The lowest BCUT2D eigenvalue weighted by molar-refractivity contribution is -0.143. The Labute approximate surface area is 222 Å². The first-order valence-electron chi connectivity index (χ1n) is 13.1. The monoisotopic (exact) mass is 517 g/mol. The maximum absolute atomic E-state index is 10.8. The zero-order valence-corrected chi connectivity index (χ0v) is 25.3. The Hall–Kier alpha value is -1.85. The van der Waals surface area contributed by atoms with Gasteiger partial charge in [-0.05, 0) is 38.3 Å². The number of nitrogens with one attached hydrogen (secondary N) is 1. The quantitative estimate of drug-likeness (QED) is 0.155. The van der Waals surface area contributed by atoms with E-state index in [1.807, 2.05) is 80.5 Å². The summed E-state index contributed by atoms with van der Waals surface area (Å²) in [5.74, 6) is -0.272. The van der Waals surface area contributed by atoms with Gasteiger partial charge in [-0.15, -0.1) is 6.58 Å². The van der Waals surface area contributed by atoms with Crippen LogP contribution in [0.5, 0.6) is 0 Å². The minimum atomic E-state index is -0.430. The van der Waals surface area contributed by atoms with Crippen molar-refractivity contribution in [3.8, 4) is 0 Å². The van der Waals surface area contributed by atoms with Crippen LogP contribution >= 0.6 is 11.6 Å². The van der Waals surface area contributed by atoms with Crippen molar-refractivity contribution in [1.82, 2.24) is 5.32 Å². The lowest BCUT2D eigenvalue weighted by Gasteiger charge is -2.15. The highest BCUT2D eigenvalue weighted by atomic mass is 35.5. The van der Waals surface area contributed by atoms with Gasteiger partial charge in [0.2, 0.25) is 5.91 Å². The first-order chi connectivity index (χ1) is 16.7. The summed E-state index contributed by atoms with van der Waals surface area (Å²) < 4.78 is 4.67. The Morgan fingerprint density at radius 1 is 1.06 bits per heavy atom. The van der Waals surface area contributed by atoms with Gasteiger partial charge in [-0.3, -0.25) is 9.59 Å². The van der Waals surface area contributed by atoms with E-state index in [0.29, 0.717) is 13.2 Å². The Balaban J connectivity index is -0.000000143. The number of esters is 1. The molecule has 0 fully saturated rings. The van der Waals surface area contributed by atoms with Crippen molar-refractivity contribution in [2.45, 2.75) is 108 Å². The number of hydrogen-bond acceptors (Lipinski definition) is 4.